The van der Waals surface area contributed by atoms with Gasteiger partial charge in [-0.15, -0.1) is 70.8 Å². The monoisotopic (exact) mass is 2010 g/mol. The molecule has 14 rings (SSSR count). The topological polar surface area (TPSA) is 0 Å². The molecule has 0 radical (unpaired) electrons. The van der Waals surface area contributed by atoms with Gasteiger partial charge in [-0.3, -0.25) is 23.7 Å². The van der Waals surface area contributed by atoms with E-state index >= 15 is 0 Å². The van der Waals surface area contributed by atoms with Crippen LogP contribution in [0, 0.1) is 49.4 Å². The molecule has 0 aromatic heterocycles. The Kier molecular flexibility index (Phi) is 29.6. The fourth-order valence-corrected chi connectivity index (χ4v) is 27.7. The van der Waals surface area contributed by atoms with Crippen molar-refractivity contribution in [3.8, 4) is 45.9 Å². The maximum atomic E-state index is 7.28. The molecule has 12 aromatic carbocycles. The Morgan fingerprint density at radius 3 is 0.660 bits per heavy atom. The van der Waals surface area contributed by atoms with E-state index in [1.807, 2.05) is 60.7 Å². The molecule has 94 heavy (non-hydrogen) atoms. The Balaban J connectivity index is 0.000000178. The van der Waals surface area contributed by atoms with E-state index in [4.69, 9.17) is 25.7 Å². The van der Waals surface area contributed by atoms with E-state index < -0.39 is 31.7 Å². The van der Waals surface area contributed by atoms with Crippen molar-refractivity contribution in [1.82, 2.24) is 0 Å². The van der Waals surface area contributed by atoms with Gasteiger partial charge < -0.3 is 25.7 Å². The Morgan fingerprint density at radius 2 is 0.457 bits per heavy atom. The van der Waals surface area contributed by atoms with Gasteiger partial charge in [0.05, 0.1) is 0 Å². The first kappa shape index (κ1) is 74.9. The van der Waals surface area contributed by atoms with Crippen molar-refractivity contribution >= 4 is 74.1 Å². The molecule has 0 unspecified atom stereocenters. The molecule has 0 spiro atoms. The Morgan fingerprint density at radius 1 is 0.266 bits per heavy atom. The zero-order valence-corrected chi connectivity index (χ0v) is 64.5. The van der Waals surface area contributed by atoms with Gasteiger partial charge in [-0.1, -0.05) is 195 Å². The number of benzene rings is 12. The first-order chi connectivity index (χ1) is 44.2. The van der Waals surface area contributed by atoms with Crippen LogP contribution in [0.2, 0.25) is 0 Å². The van der Waals surface area contributed by atoms with Gasteiger partial charge in [-0.05, 0) is 137 Å². The zero-order valence-electron chi connectivity index (χ0n) is 51.8. The summed E-state index contributed by atoms with van der Waals surface area (Å²) < 4.78 is 0. The first-order valence-corrected chi connectivity index (χ1v) is 37.2. The second-order valence-electron chi connectivity index (χ2n) is 22.8. The summed E-state index contributed by atoms with van der Waals surface area (Å²) in [5.41, 5.74) is 13.0. The SMILES string of the molecule is [Au+].[Au+].[Au+].[Au+].[C-]#Cc1ccc2c(c1)C(C)(C)c1cc(C#[C-])ccc1-2.[C-]#Cc1ccc2c(c1)Cc1cc(C#[C-])ccc1-2.c1ccc([PH+](C[PH+](c2ccccc2)c2ccccc2)c2ccccc2)cc1.c1ccc([PH+](C[PH+](c2ccccc2)c2ccccc2)c2ccccc2)cc1. The van der Waals surface area contributed by atoms with E-state index in [9.17, 15) is 0 Å². The number of rotatable bonds is 12. The first-order valence-electron chi connectivity index (χ1n) is 30.4. The minimum absolute atomic E-state index is 0. The summed E-state index contributed by atoms with van der Waals surface area (Å²) in [6.07, 6.45) is 29.7. The molecule has 0 saturated carbocycles. The molecular weight excluding hydrogens is 1940 g/mol. The fraction of sp³-hybridized carbons (Fsp3) is 0.0698. The molecular formula is C86H68Au4P4+4. The summed E-state index contributed by atoms with van der Waals surface area (Å²) in [4.78, 5) is 0. The Labute approximate surface area is 626 Å². The smallest absolute Gasteiger partial charge is 0.366 e. The minimum atomic E-state index is -0.847. The second-order valence-corrected chi connectivity index (χ2v) is 34.0. The summed E-state index contributed by atoms with van der Waals surface area (Å²) in [5, 5.41) is 12.0. The molecule has 472 valence electrons. The van der Waals surface area contributed by atoms with Crippen LogP contribution >= 0.6 is 31.7 Å². The van der Waals surface area contributed by atoms with Gasteiger partial charge in [-0.2, -0.15) is 0 Å². The Hall–Kier alpha value is -6.44. The normalized spacial score (nSPS) is 11.2. The molecule has 0 atom stereocenters. The summed E-state index contributed by atoms with van der Waals surface area (Å²) in [6, 6.07) is 113. The summed E-state index contributed by atoms with van der Waals surface area (Å²) in [7, 11) is -3.39. The maximum Gasteiger partial charge on any atom is 1.00 e. The quantitative estimate of drug-likeness (QED) is 0.0495. The average Bonchev–Trinajstić information content (AvgIpc) is 1.59. The van der Waals surface area contributed by atoms with Crippen molar-refractivity contribution in [2.45, 2.75) is 25.7 Å². The molecule has 0 heterocycles. The standard InChI is InChI=1S/2C25H22P2.C19H12.C17H8.4Au/c2*1-5-13-22(14-6-1)26(23-15-7-2-8-16-23)21-27(24-17-9-3-10-18-24)25-19-11-4-12-20-25;1-5-13-7-9-15-16-10-8-14(6-2)12-18(16)19(3,4)17(15)11-13;1-3-12-5-7-16-14(9-12)11-15-10-13(4-2)6-8-17(15)16;;;;/h2*1-20H,21H2;7-12H,3-4H3;5-10H,11H2;;;;/q;;2*-2;4*+1/p+4. The van der Waals surface area contributed by atoms with Crippen molar-refractivity contribution in [3.05, 3.63) is 386 Å². The third-order valence-electron chi connectivity index (χ3n) is 16.8. The van der Waals surface area contributed by atoms with E-state index in [0.717, 1.165) is 28.7 Å². The van der Waals surface area contributed by atoms with Crippen LogP contribution < -0.4 is 42.4 Å². The van der Waals surface area contributed by atoms with E-state index in [-0.39, 0.29) is 94.9 Å². The third kappa shape index (κ3) is 18.6. The van der Waals surface area contributed by atoms with Crippen LogP contribution in [0.1, 0.15) is 58.4 Å². The molecule has 2 aliphatic carbocycles. The van der Waals surface area contributed by atoms with Crippen LogP contribution in [0.25, 0.3) is 22.3 Å². The summed E-state index contributed by atoms with van der Waals surface area (Å²) in [5.74, 6) is 12.2. The summed E-state index contributed by atoms with van der Waals surface area (Å²) in [6.45, 7) is 4.36. The fourth-order valence-electron chi connectivity index (χ4n) is 12.2. The van der Waals surface area contributed by atoms with Crippen LogP contribution in [0.4, 0.5) is 0 Å². The van der Waals surface area contributed by atoms with E-state index in [1.165, 1.54) is 98.7 Å². The molecule has 2 aliphatic rings. The third-order valence-corrected chi connectivity index (χ3v) is 30.7. The van der Waals surface area contributed by atoms with Gasteiger partial charge in [0.2, 0.25) is 0 Å². The molecule has 0 bridgehead atoms. The van der Waals surface area contributed by atoms with Crippen LogP contribution in [-0.2, 0) is 101 Å². The van der Waals surface area contributed by atoms with E-state index in [2.05, 4.69) is 292 Å². The van der Waals surface area contributed by atoms with Crippen LogP contribution in [0.3, 0.4) is 0 Å². The number of fused-ring (bicyclic) bond motifs is 6. The van der Waals surface area contributed by atoms with Gasteiger partial charge in [0.1, 0.15) is 74.1 Å². The summed E-state index contributed by atoms with van der Waals surface area (Å²) >= 11 is 0. The molecule has 12 aromatic rings. The predicted octanol–water partition coefficient (Wildman–Crippen LogP) is 16.3. The average molecular weight is 2010 g/mol. The van der Waals surface area contributed by atoms with Gasteiger partial charge in [-0.25, -0.2) is 0 Å². The molecule has 0 nitrogen and oxygen atoms in total. The van der Waals surface area contributed by atoms with Crippen molar-refractivity contribution in [2.24, 2.45) is 0 Å². The van der Waals surface area contributed by atoms with Gasteiger partial charge in [0.25, 0.3) is 0 Å². The van der Waals surface area contributed by atoms with Crippen molar-refractivity contribution < 1.29 is 89.5 Å². The molecule has 0 amide bonds. The molecule has 0 N–H and O–H groups in total. The van der Waals surface area contributed by atoms with Crippen LogP contribution in [0.15, 0.2) is 315 Å². The predicted molar refractivity (Wildman–Crippen MR) is 395 cm³/mol. The minimum Gasteiger partial charge on any atom is -0.366 e. The maximum absolute atomic E-state index is 7.28. The van der Waals surface area contributed by atoms with Crippen molar-refractivity contribution in [3.63, 3.8) is 0 Å². The number of hydrogen-bond donors (Lipinski definition) is 0. The van der Waals surface area contributed by atoms with Gasteiger partial charge >= 0.3 is 89.5 Å². The van der Waals surface area contributed by atoms with Crippen LogP contribution in [0.5, 0.6) is 0 Å². The zero-order chi connectivity index (χ0) is 62.1. The van der Waals surface area contributed by atoms with E-state index in [0.29, 0.717) is 0 Å². The Bertz CT molecular complexity index is 3920. The second kappa shape index (κ2) is 37.2. The molecule has 0 aliphatic heterocycles. The van der Waals surface area contributed by atoms with Crippen molar-refractivity contribution in [2.75, 3.05) is 11.8 Å². The van der Waals surface area contributed by atoms with Crippen molar-refractivity contribution in [1.29, 1.82) is 0 Å². The number of hydrogen-bond acceptors (Lipinski definition) is 0. The van der Waals surface area contributed by atoms with Gasteiger partial charge in [0, 0.05) is 5.41 Å². The molecule has 8 heteroatoms. The van der Waals surface area contributed by atoms with Crippen LogP contribution in [-0.4, -0.2) is 11.8 Å². The molecule has 0 fully saturated rings. The molecule has 0 saturated heterocycles. The van der Waals surface area contributed by atoms with Gasteiger partial charge in [0.15, 0.2) is 11.8 Å². The largest absolute Gasteiger partial charge is 1.00 e. The van der Waals surface area contributed by atoms with E-state index in [1.54, 1.807) is 0 Å².